The number of nitrogens with zero attached hydrogens (tertiary/aromatic N) is 2. The van der Waals surface area contributed by atoms with Gasteiger partial charge in [-0.1, -0.05) is 18.2 Å². The summed E-state index contributed by atoms with van der Waals surface area (Å²) < 4.78 is 13.0. The van der Waals surface area contributed by atoms with E-state index in [0.29, 0.717) is 12.8 Å². The Morgan fingerprint density at radius 1 is 1.18 bits per heavy atom. The van der Waals surface area contributed by atoms with Gasteiger partial charge in [0.05, 0.1) is 18.7 Å². The number of carbonyl (C=O) groups excluding carboxylic acids is 1. The van der Waals surface area contributed by atoms with Crippen LogP contribution in [-0.2, 0) is 23.0 Å². The number of fused-ring (bicyclic) bond motifs is 1. The molecule has 5 heteroatoms. The minimum Gasteiger partial charge on any atom is -0.490 e. The maximum absolute atomic E-state index is 11.6. The topological polar surface area (TPSA) is 53.4 Å². The fraction of sp³-hybridized carbons (Fsp3) is 0.391. The first-order valence-corrected chi connectivity index (χ1v) is 9.93. The van der Waals surface area contributed by atoms with Crippen LogP contribution in [0.15, 0.2) is 42.6 Å². The molecule has 0 N–H and O–H groups in total. The Morgan fingerprint density at radius 3 is 2.79 bits per heavy atom. The van der Waals surface area contributed by atoms with Crippen LogP contribution >= 0.6 is 0 Å². The maximum Gasteiger partial charge on any atom is 0.305 e. The number of methoxy groups -OCH3 is 1. The van der Waals surface area contributed by atoms with Crippen LogP contribution in [0.1, 0.15) is 37.7 Å². The van der Waals surface area contributed by atoms with Crippen molar-refractivity contribution in [3.05, 3.63) is 48.2 Å². The summed E-state index contributed by atoms with van der Waals surface area (Å²) in [6.45, 7) is 0. The van der Waals surface area contributed by atoms with Gasteiger partial charge in [-0.3, -0.25) is 9.48 Å². The molecule has 1 heterocycles. The summed E-state index contributed by atoms with van der Waals surface area (Å²) in [5, 5.41) is 5.64. The van der Waals surface area contributed by atoms with Gasteiger partial charge in [-0.2, -0.15) is 5.10 Å². The molecule has 0 bridgehead atoms. The fourth-order valence-corrected chi connectivity index (χ4v) is 3.98. The fourth-order valence-electron chi connectivity index (χ4n) is 3.98. The van der Waals surface area contributed by atoms with E-state index in [4.69, 9.17) is 9.47 Å². The molecule has 4 rings (SSSR count). The second kappa shape index (κ2) is 8.05. The second-order valence-electron chi connectivity index (χ2n) is 7.47. The Bertz CT molecular complexity index is 987. The third-order valence-electron chi connectivity index (χ3n) is 5.44. The van der Waals surface area contributed by atoms with Gasteiger partial charge in [-0.25, -0.2) is 0 Å². The normalized spacial score (nSPS) is 14.5. The number of rotatable bonds is 6. The minimum atomic E-state index is -0.192. The molecule has 146 valence electrons. The highest BCUT2D eigenvalue weighted by atomic mass is 16.5. The van der Waals surface area contributed by atoms with E-state index in [9.17, 15) is 4.79 Å². The van der Waals surface area contributed by atoms with Crippen LogP contribution in [0.4, 0.5) is 0 Å². The first kappa shape index (κ1) is 18.5. The van der Waals surface area contributed by atoms with Gasteiger partial charge in [0.1, 0.15) is 5.75 Å². The molecule has 5 nitrogen and oxygen atoms in total. The van der Waals surface area contributed by atoms with Gasteiger partial charge in [0, 0.05) is 30.6 Å². The summed E-state index contributed by atoms with van der Waals surface area (Å²) in [5.74, 6) is 0.715. The molecule has 2 aromatic carbocycles. The summed E-state index contributed by atoms with van der Waals surface area (Å²) in [5.41, 5.74) is 4.23. The Labute approximate surface area is 165 Å². The van der Waals surface area contributed by atoms with E-state index in [2.05, 4.69) is 29.4 Å². The van der Waals surface area contributed by atoms with Crippen molar-refractivity contribution >= 4 is 16.9 Å². The predicted octanol–water partition coefficient (Wildman–Crippen LogP) is 4.67. The zero-order valence-corrected chi connectivity index (χ0v) is 16.5. The number of ether oxygens (including phenoxy) is 2. The zero-order chi connectivity index (χ0) is 19.5. The highest BCUT2D eigenvalue weighted by molar-refractivity contribution is 5.96. The molecule has 3 aromatic rings. The van der Waals surface area contributed by atoms with E-state index in [1.807, 2.05) is 30.1 Å². The Hall–Kier alpha value is -2.82. The Kier molecular flexibility index (Phi) is 5.33. The lowest BCUT2D eigenvalue weighted by atomic mass is 9.97. The molecule has 1 fully saturated rings. The molecular formula is C23H26N2O3. The van der Waals surface area contributed by atoms with Crippen molar-refractivity contribution in [2.45, 2.75) is 44.6 Å². The molecule has 1 aliphatic rings. The van der Waals surface area contributed by atoms with Crippen LogP contribution in [0, 0.1) is 0 Å². The highest BCUT2D eigenvalue weighted by Crippen LogP contribution is 2.37. The third kappa shape index (κ3) is 3.88. The molecule has 0 spiro atoms. The first-order valence-electron chi connectivity index (χ1n) is 9.93. The molecule has 1 aliphatic carbocycles. The molecule has 0 radical (unpaired) electrons. The summed E-state index contributed by atoms with van der Waals surface area (Å²) >= 11 is 0. The number of hydrogen-bond donors (Lipinski definition) is 0. The molecule has 0 saturated heterocycles. The van der Waals surface area contributed by atoms with Crippen LogP contribution < -0.4 is 4.74 Å². The molecule has 0 unspecified atom stereocenters. The van der Waals surface area contributed by atoms with E-state index in [-0.39, 0.29) is 12.1 Å². The zero-order valence-electron chi connectivity index (χ0n) is 16.5. The van der Waals surface area contributed by atoms with Crippen molar-refractivity contribution in [3.8, 4) is 16.9 Å². The number of aromatic nitrogens is 2. The largest absolute Gasteiger partial charge is 0.490 e. The summed E-state index contributed by atoms with van der Waals surface area (Å²) in [6.07, 6.45) is 8.03. The van der Waals surface area contributed by atoms with Crippen molar-refractivity contribution in [3.63, 3.8) is 0 Å². The Morgan fingerprint density at radius 2 is 2.00 bits per heavy atom. The van der Waals surface area contributed by atoms with Crippen molar-refractivity contribution in [2.24, 2.45) is 7.05 Å². The molecule has 0 atom stereocenters. The van der Waals surface area contributed by atoms with Crippen LogP contribution in [0.5, 0.6) is 5.75 Å². The average molecular weight is 378 g/mol. The molecule has 1 aromatic heterocycles. The molecule has 28 heavy (non-hydrogen) atoms. The standard InChI is InChI=1S/C23H26N2O3/c1-25-15-20-18(8-5-9-21(20)24-25)19-14-16(11-13-23(26)27-2)10-12-22(19)28-17-6-3-4-7-17/h5,8-10,12,14-15,17H,3-4,6-7,11,13H2,1-2H3. The molecular weight excluding hydrogens is 352 g/mol. The van der Waals surface area contributed by atoms with Crippen LogP contribution in [-0.4, -0.2) is 29.0 Å². The van der Waals surface area contributed by atoms with Crippen molar-refractivity contribution in [2.75, 3.05) is 7.11 Å². The SMILES string of the molecule is COC(=O)CCc1ccc(OC2CCCC2)c(-c2cccc3nn(C)cc23)c1. The molecule has 1 saturated carbocycles. The summed E-state index contributed by atoms with van der Waals surface area (Å²) in [4.78, 5) is 11.6. The smallest absolute Gasteiger partial charge is 0.305 e. The van der Waals surface area contributed by atoms with E-state index in [1.165, 1.54) is 20.0 Å². The van der Waals surface area contributed by atoms with Gasteiger partial charge in [0.2, 0.25) is 0 Å². The van der Waals surface area contributed by atoms with E-state index >= 15 is 0 Å². The van der Waals surface area contributed by atoms with Gasteiger partial charge in [-0.05, 0) is 61.4 Å². The molecule has 0 amide bonds. The van der Waals surface area contributed by atoms with E-state index < -0.39 is 0 Å². The highest BCUT2D eigenvalue weighted by Gasteiger charge is 2.20. The minimum absolute atomic E-state index is 0.192. The number of carbonyl (C=O) groups is 1. The quantitative estimate of drug-likeness (QED) is 0.585. The van der Waals surface area contributed by atoms with Crippen LogP contribution in [0.2, 0.25) is 0 Å². The van der Waals surface area contributed by atoms with Gasteiger partial charge in [0.15, 0.2) is 0 Å². The van der Waals surface area contributed by atoms with Gasteiger partial charge in [-0.15, -0.1) is 0 Å². The second-order valence-corrected chi connectivity index (χ2v) is 7.47. The summed E-state index contributed by atoms with van der Waals surface area (Å²) in [6, 6.07) is 12.4. The number of benzene rings is 2. The predicted molar refractivity (Wildman–Crippen MR) is 109 cm³/mol. The first-order chi connectivity index (χ1) is 13.6. The monoisotopic (exact) mass is 378 g/mol. The van der Waals surface area contributed by atoms with Crippen LogP contribution in [0.25, 0.3) is 22.0 Å². The van der Waals surface area contributed by atoms with E-state index in [0.717, 1.165) is 46.2 Å². The van der Waals surface area contributed by atoms with Gasteiger partial charge < -0.3 is 9.47 Å². The van der Waals surface area contributed by atoms with Crippen molar-refractivity contribution in [1.29, 1.82) is 0 Å². The van der Waals surface area contributed by atoms with Gasteiger partial charge >= 0.3 is 5.97 Å². The number of esters is 1. The average Bonchev–Trinajstić information content (AvgIpc) is 3.35. The van der Waals surface area contributed by atoms with Crippen molar-refractivity contribution < 1.29 is 14.3 Å². The van der Waals surface area contributed by atoms with Crippen molar-refractivity contribution in [1.82, 2.24) is 9.78 Å². The lowest BCUT2D eigenvalue weighted by molar-refractivity contribution is -0.140. The molecule has 0 aliphatic heterocycles. The lowest BCUT2D eigenvalue weighted by Gasteiger charge is -2.18. The van der Waals surface area contributed by atoms with Crippen LogP contribution in [0.3, 0.4) is 0 Å². The number of hydrogen-bond acceptors (Lipinski definition) is 4. The number of aryl methyl sites for hydroxylation is 2. The third-order valence-corrected chi connectivity index (χ3v) is 5.44. The van der Waals surface area contributed by atoms with E-state index in [1.54, 1.807) is 0 Å². The summed E-state index contributed by atoms with van der Waals surface area (Å²) in [7, 11) is 3.36. The Balaban J connectivity index is 1.75. The lowest BCUT2D eigenvalue weighted by Crippen LogP contribution is -2.11. The maximum atomic E-state index is 11.6. The van der Waals surface area contributed by atoms with Gasteiger partial charge in [0.25, 0.3) is 0 Å².